The average molecular weight is 238 g/mol. The number of nitrogens with one attached hydrogen (secondary N) is 1. The molecule has 2 aromatic rings. The molecule has 1 aliphatic rings. The fourth-order valence-electron chi connectivity index (χ4n) is 2.43. The zero-order valence-electron chi connectivity index (χ0n) is 10.9. The monoisotopic (exact) mass is 238 g/mol. The van der Waals surface area contributed by atoms with E-state index in [4.69, 9.17) is 0 Å². The van der Waals surface area contributed by atoms with E-state index in [0.29, 0.717) is 0 Å². The zero-order valence-corrected chi connectivity index (χ0v) is 10.9. The number of fused-ring (bicyclic) bond motifs is 1. The minimum atomic E-state index is 0.999. The van der Waals surface area contributed by atoms with E-state index >= 15 is 0 Å². The van der Waals surface area contributed by atoms with E-state index in [-0.39, 0.29) is 0 Å². The molecule has 18 heavy (non-hydrogen) atoms. The van der Waals surface area contributed by atoms with Crippen LogP contribution in [0.5, 0.6) is 0 Å². The number of rotatable bonds is 2. The summed E-state index contributed by atoms with van der Waals surface area (Å²) in [5, 5.41) is 3.38. The van der Waals surface area contributed by atoms with Gasteiger partial charge in [-0.3, -0.25) is 0 Å². The first-order valence-electron chi connectivity index (χ1n) is 6.34. The molecule has 2 aromatic carbocycles. The highest BCUT2D eigenvalue weighted by Gasteiger charge is 2.10. The second kappa shape index (κ2) is 4.46. The summed E-state index contributed by atoms with van der Waals surface area (Å²) < 4.78 is 0. The Kier molecular flexibility index (Phi) is 2.80. The Morgan fingerprint density at radius 2 is 1.50 bits per heavy atom. The van der Waals surface area contributed by atoms with E-state index < -0.39 is 0 Å². The van der Waals surface area contributed by atoms with Crippen LogP contribution in [0.25, 0.3) is 11.1 Å². The number of nitrogens with zero attached hydrogens (tertiary/aromatic N) is 1. The van der Waals surface area contributed by atoms with Crippen molar-refractivity contribution in [2.45, 2.75) is 13.1 Å². The SMILES string of the molecule is CN(C)c1ccc(-c2ccc3c(c2)CNC3)cc1. The highest BCUT2D eigenvalue weighted by Crippen LogP contribution is 2.26. The van der Waals surface area contributed by atoms with Gasteiger partial charge in [0.1, 0.15) is 0 Å². The highest BCUT2D eigenvalue weighted by atomic mass is 15.1. The first kappa shape index (κ1) is 11.3. The summed E-state index contributed by atoms with van der Waals surface area (Å²) in [6.45, 7) is 2.01. The van der Waals surface area contributed by atoms with Crippen LogP contribution in [0, 0.1) is 0 Å². The summed E-state index contributed by atoms with van der Waals surface area (Å²) in [5.74, 6) is 0. The molecule has 1 N–H and O–H groups in total. The van der Waals surface area contributed by atoms with Crippen molar-refractivity contribution < 1.29 is 0 Å². The quantitative estimate of drug-likeness (QED) is 0.865. The van der Waals surface area contributed by atoms with Crippen molar-refractivity contribution in [3.8, 4) is 11.1 Å². The summed E-state index contributed by atoms with van der Waals surface area (Å²) in [5.41, 5.74) is 6.70. The summed E-state index contributed by atoms with van der Waals surface area (Å²) in [7, 11) is 4.13. The zero-order chi connectivity index (χ0) is 12.5. The molecular weight excluding hydrogens is 220 g/mol. The van der Waals surface area contributed by atoms with Gasteiger partial charge in [-0.2, -0.15) is 0 Å². The predicted octanol–water partition coefficient (Wildman–Crippen LogP) is 3.02. The molecule has 1 aliphatic heterocycles. The first-order valence-corrected chi connectivity index (χ1v) is 6.34. The fourth-order valence-corrected chi connectivity index (χ4v) is 2.43. The molecule has 0 atom stereocenters. The molecule has 0 fully saturated rings. The van der Waals surface area contributed by atoms with Crippen LogP contribution in [-0.4, -0.2) is 14.1 Å². The minimum absolute atomic E-state index is 0.999. The van der Waals surface area contributed by atoms with Crippen molar-refractivity contribution >= 4 is 5.69 Å². The maximum atomic E-state index is 3.38. The second-order valence-corrected chi connectivity index (χ2v) is 5.03. The Labute approximate surface area is 108 Å². The van der Waals surface area contributed by atoms with Crippen LogP contribution in [0.3, 0.4) is 0 Å². The van der Waals surface area contributed by atoms with Gasteiger partial charge in [-0.15, -0.1) is 0 Å². The smallest absolute Gasteiger partial charge is 0.0361 e. The lowest BCUT2D eigenvalue weighted by atomic mass is 10.0. The van der Waals surface area contributed by atoms with E-state index in [2.05, 4.69) is 66.8 Å². The maximum absolute atomic E-state index is 3.38. The standard InChI is InChI=1S/C16H18N2/c1-18(2)16-7-5-12(6-8-16)13-3-4-14-10-17-11-15(14)9-13/h3-9,17H,10-11H2,1-2H3. The minimum Gasteiger partial charge on any atom is -0.378 e. The molecule has 2 nitrogen and oxygen atoms in total. The average Bonchev–Trinajstić information content (AvgIpc) is 2.86. The Bertz CT molecular complexity index is 556. The van der Waals surface area contributed by atoms with Gasteiger partial charge in [0.05, 0.1) is 0 Å². The fraction of sp³-hybridized carbons (Fsp3) is 0.250. The molecule has 0 spiro atoms. The largest absolute Gasteiger partial charge is 0.378 e. The van der Waals surface area contributed by atoms with Crippen molar-refractivity contribution in [1.29, 1.82) is 0 Å². The summed E-state index contributed by atoms with van der Waals surface area (Å²) in [6.07, 6.45) is 0. The van der Waals surface area contributed by atoms with E-state index in [1.165, 1.54) is 27.9 Å². The van der Waals surface area contributed by atoms with Crippen molar-refractivity contribution in [2.24, 2.45) is 0 Å². The molecular formula is C16H18N2. The molecule has 0 saturated heterocycles. The van der Waals surface area contributed by atoms with Gasteiger partial charge in [0, 0.05) is 32.9 Å². The van der Waals surface area contributed by atoms with Gasteiger partial charge in [-0.25, -0.2) is 0 Å². The van der Waals surface area contributed by atoms with Crippen molar-refractivity contribution in [3.63, 3.8) is 0 Å². The van der Waals surface area contributed by atoms with Crippen LogP contribution >= 0.6 is 0 Å². The van der Waals surface area contributed by atoms with Gasteiger partial charge in [-0.05, 0) is 40.5 Å². The highest BCUT2D eigenvalue weighted by molar-refractivity contribution is 5.67. The molecule has 92 valence electrons. The summed E-state index contributed by atoms with van der Waals surface area (Å²) in [4.78, 5) is 2.12. The van der Waals surface area contributed by atoms with Crippen molar-refractivity contribution in [2.75, 3.05) is 19.0 Å². The van der Waals surface area contributed by atoms with Crippen LogP contribution in [0.2, 0.25) is 0 Å². The van der Waals surface area contributed by atoms with Crippen molar-refractivity contribution in [3.05, 3.63) is 53.6 Å². The number of benzene rings is 2. The van der Waals surface area contributed by atoms with E-state index in [1.54, 1.807) is 0 Å². The molecule has 3 rings (SSSR count). The van der Waals surface area contributed by atoms with Gasteiger partial charge in [0.2, 0.25) is 0 Å². The third kappa shape index (κ3) is 2.00. The van der Waals surface area contributed by atoms with Gasteiger partial charge in [0.25, 0.3) is 0 Å². The van der Waals surface area contributed by atoms with Gasteiger partial charge in [0.15, 0.2) is 0 Å². The predicted molar refractivity (Wildman–Crippen MR) is 76.7 cm³/mol. The third-order valence-electron chi connectivity index (χ3n) is 3.55. The van der Waals surface area contributed by atoms with E-state index in [1.807, 2.05) is 0 Å². The lowest BCUT2D eigenvalue weighted by Gasteiger charge is -2.13. The molecule has 0 amide bonds. The molecule has 0 unspecified atom stereocenters. The molecule has 0 aromatic heterocycles. The van der Waals surface area contributed by atoms with E-state index in [9.17, 15) is 0 Å². The first-order chi connectivity index (χ1) is 8.74. The number of hydrogen-bond acceptors (Lipinski definition) is 2. The Balaban J connectivity index is 1.95. The van der Waals surface area contributed by atoms with Crippen LogP contribution in [0.1, 0.15) is 11.1 Å². The summed E-state index contributed by atoms with van der Waals surface area (Å²) >= 11 is 0. The number of hydrogen-bond donors (Lipinski definition) is 1. The third-order valence-corrected chi connectivity index (χ3v) is 3.55. The van der Waals surface area contributed by atoms with Crippen LogP contribution < -0.4 is 10.2 Å². The molecule has 2 heteroatoms. The second-order valence-electron chi connectivity index (χ2n) is 5.03. The summed E-state index contributed by atoms with van der Waals surface area (Å²) in [6, 6.07) is 15.5. The van der Waals surface area contributed by atoms with Gasteiger partial charge in [-0.1, -0.05) is 24.3 Å². The molecule has 0 saturated carbocycles. The topological polar surface area (TPSA) is 15.3 Å². The maximum Gasteiger partial charge on any atom is 0.0361 e. The number of anilines is 1. The Morgan fingerprint density at radius 1 is 0.833 bits per heavy atom. The van der Waals surface area contributed by atoms with E-state index in [0.717, 1.165) is 13.1 Å². The van der Waals surface area contributed by atoms with Gasteiger partial charge < -0.3 is 10.2 Å². The molecule has 0 aliphatic carbocycles. The Morgan fingerprint density at radius 3 is 2.22 bits per heavy atom. The molecule has 1 heterocycles. The van der Waals surface area contributed by atoms with Crippen LogP contribution in [0.4, 0.5) is 5.69 Å². The Hall–Kier alpha value is -1.80. The van der Waals surface area contributed by atoms with Crippen molar-refractivity contribution in [1.82, 2.24) is 5.32 Å². The van der Waals surface area contributed by atoms with Crippen LogP contribution in [0.15, 0.2) is 42.5 Å². The van der Waals surface area contributed by atoms with Crippen LogP contribution in [-0.2, 0) is 13.1 Å². The normalized spacial score (nSPS) is 13.4. The molecule has 0 radical (unpaired) electrons. The molecule has 0 bridgehead atoms. The van der Waals surface area contributed by atoms with Gasteiger partial charge >= 0.3 is 0 Å². The lowest BCUT2D eigenvalue weighted by Crippen LogP contribution is -2.07. The lowest BCUT2D eigenvalue weighted by molar-refractivity contribution is 0.765.